The molecule has 1 heterocycles. The van der Waals surface area contributed by atoms with Gasteiger partial charge in [0, 0.05) is 12.0 Å². The molecule has 0 aliphatic rings. The predicted octanol–water partition coefficient (Wildman–Crippen LogP) is 3.15. The zero-order valence-corrected chi connectivity index (χ0v) is 12.5. The number of rotatable bonds is 4. The standard InChI is InChI=1S/C14H17N3O2S/c1-14(2,3)12-16-17-13(20-12)15-8-9-4-6-10(7-5-9)11(18)19/h4-7H,8H2,1-3H3,(H,15,17)(H,18,19). The fourth-order valence-corrected chi connectivity index (χ4v) is 2.34. The second kappa shape index (κ2) is 5.58. The summed E-state index contributed by atoms with van der Waals surface area (Å²) in [7, 11) is 0. The molecule has 0 spiro atoms. The van der Waals surface area contributed by atoms with E-state index in [0.717, 1.165) is 15.7 Å². The summed E-state index contributed by atoms with van der Waals surface area (Å²) in [6, 6.07) is 6.78. The van der Waals surface area contributed by atoms with E-state index in [1.807, 2.05) is 0 Å². The number of aromatic carboxylic acids is 1. The molecule has 1 aromatic heterocycles. The minimum Gasteiger partial charge on any atom is -0.478 e. The maximum Gasteiger partial charge on any atom is 0.335 e. The van der Waals surface area contributed by atoms with E-state index in [0.29, 0.717) is 12.1 Å². The molecule has 0 aliphatic carbocycles. The smallest absolute Gasteiger partial charge is 0.335 e. The van der Waals surface area contributed by atoms with Crippen molar-refractivity contribution in [2.75, 3.05) is 5.32 Å². The molecule has 0 unspecified atom stereocenters. The van der Waals surface area contributed by atoms with Crippen molar-refractivity contribution in [2.24, 2.45) is 0 Å². The van der Waals surface area contributed by atoms with Crippen molar-refractivity contribution in [3.05, 3.63) is 40.4 Å². The molecule has 1 aromatic carbocycles. The Balaban J connectivity index is 1.98. The molecule has 0 saturated carbocycles. The van der Waals surface area contributed by atoms with E-state index >= 15 is 0 Å². The summed E-state index contributed by atoms with van der Waals surface area (Å²) in [5.74, 6) is -0.913. The highest BCUT2D eigenvalue weighted by Crippen LogP contribution is 2.27. The minimum absolute atomic E-state index is 0.000727. The summed E-state index contributed by atoms with van der Waals surface area (Å²) >= 11 is 1.54. The van der Waals surface area contributed by atoms with Crippen LogP contribution in [-0.2, 0) is 12.0 Å². The van der Waals surface area contributed by atoms with Crippen molar-refractivity contribution in [3.63, 3.8) is 0 Å². The Bertz CT molecular complexity index is 600. The lowest BCUT2D eigenvalue weighted by Gasteiger charge is -2.12. The van der Waals surface area contributed by atoms with Crippen LogP contribution in [0.2, 0.25) is 0 Å². The number of hydrogen-bond acceptors (Lipinski definition) is 5. The molecule has 0 radical (unpaired) electrons. The fourth-order valence-electron chi connectivity index (χ4n) is 1.54. The van der Waals surface area contributed by atoms with Crippen LogP contribution in [0.1, 0.15) is 41.7 Å². The number of aromatic nitrogens is 2. The average molecular weight is 291 g/mol. The first-order chi connectivity index (χ1) is 9.36. The van der Waals surface area contributed by atoms with Crippen LogP contribution in [0.15, 0.2) is 24.3 Å². The number of nitrogens with one attached hydrogen (secondary N) is 1. The fraction of sp³-hybridized carbons (Fsp3) is 0.357. The zero-order chi connectivity index (χ0) is 14.8. The van der Waals surface area contributed by atoms with Gasteiger partial charge in [-0.2, -0.15) is 0 Å². The van der Waals surface area contributed by atoms with Crippen molar-refractivity contribution in [1.29, 1.82) is 0 Å². The monoisotopic (exact) mass is 291 g/mol. The van der Waals surface area contributed by atoms with Gasteiger partial charge in [0.25, 0.3) is 0 Å². The lowest BCUT2D eigenvalue weighted by Crippen LogP contribution is -2.10. The third-order valence-corrected chi connectivity index (χ3v) is 4.02. The lowest BCUT2D eigenvalue weighted by atomic mass is 9.98. The molecule has 0 atom stereocenters. The molecule has 106 valence electrons. The van der Waals surface area contributed by atoms with Gasteiger partial charge in [0.05, 0.1) is 5.56 Å². The SMILES string of the molecule is CC(C)(C)c1nnc(NCc2ccc(C(=O)O)cc2)s1. The van der Waals surface area contributed by atoms with Gasteiger partial charge in [-0.3, -0.25) is 0 Å². The van der Waals surface area contributed by atoms with Gasteiger partial charge in [0.15, 0.2) is 0 Å². The van der Waals surface area contributed by atoms with Crippen molar-refractivity contribution in [2.45, 2.75) is 32.7 Å². The van der Waals surface area contributed by atoms with E-state index in [9.17, 15) is 4.79 Å². The average Bonchev–Trinajstić information content (AvgIpc) is 2.85. The van der Waals surface area contributed by atoms with Gasteiger partial charge in [0.2, 0.25) is 5.13 Å². The number of carboxylic acids is 1. The Kier molecular flexibility index (Phi) is 4.04. The Hall–Kier alpha value is -1.95. The van der Waals surface area contributed by atoms with Crippen molar-refractivity contribution in [1.82, 2.24) is 10.2 Å². The van der Waals surface area contributed by atoms with Gasteiger partial charge in [0.1, 0.15) is 5.01 Å². The molecule has 0 fully saturated rings. The molecule has 0 amide bonds. The highest BCUT2D eigenvalue weighted by atomic mass is 32.1. The molecule has 0 saturated heterocycles. The summed E-state index contributed by atoms with van der Waals surface area (Å²) in [5.41, 5.74) is 1.29. The molecule has 20 heavy (non-hydrogen) atoms. The first kappa shape index (κ1) is 14.5. The maximum absolute atomic E-state index is 10.8. The lowest BCUT2D eigenvalue weighted by molar-refractivity contribution is 0.0697. The van der Waals surface area contributed by atoms with E-state index < -0.39 is 5.97 Å². The molecular formula is C14H17N3O2S. The minimum atomic E-state index is -0.913. The van der Waals surface area contributed by atoms with Gasteiger partial charge >= 0.3 is 5.97 Å². The van der Waals surface area contributed by atoms with Crippen LogP contribution in [0, 0.1) is 0 Å². The topological polar surface area (TPSA) is 75.1 Å². The van der Waals surface area contributed by atoms with Gasteiger partial charge in [-0.05, 0) is 17.7 Å². The summed E-state index contributed by atoms with van der Waals surface area (Å²) in [6.07, 6.45) is 0. The van der Waals surface area contributed by atoms with Crippen molar-refractivity contribution in [3.8, 4) is 0 Å². The largest absolute Gasteiger partial charge is 0.478 e. The van der Waals surface area contributed by atoms with Crippen molar-refractivity contribution < 1.29 is 9.90 Å². The third-order valence-electron chi connectivity index (χ3n) is 2.71. The first-order valence-corrected chi connectivity index (χ1v) is 7.08. The van der Waals surface area contributed by atoms with E-state index in [1.54, 1.807) is 24.3 Å². The summed E-state index contributed by atoms with van der Waals surface area (Å²) in [5, 5.41) is 22.1. The molecule has 2 rings (SSSR count). The van der Waals surface area contributed by atoms with Crippen LogP contribution in [0.5, 0.6) is 0 Å². The van der Waals surface area contributed by atoms with Gasteiger partial charge < -0.3 is 10.4 Å². The molecule has 5 nitrogen and oxygen atoms in total. The van der Waals surface area contributed by atoms with Gasteiger partial charge in [-0.1, -0.05) is 44.2 Å². The quantitative estimate of drug-likeness (QED) is 0.905. The van der Waals surface area contributed by atoms with E-state index in [4.69, 9.17) is 5.11 Å². The van der Waals surface area contributed by atoms with Crippen LogP contribution >= 0.6 is 11.3 Å². The summed E-state index contributed by atoms with van der Waals surface area (Å²) < 4.78 is 0. The maximum atomic E-state index is 10.8. The molecule has 2 N–H and O–H groups in total. The number of benzene rings is 1. The highest BCUT2D eigenvalue weighted by molar-refractivity contribution is 7.15. The van der Waals surface area contributed by atoms with E-state index in [1.165, 1.54) is 11.3 Å². The van der Waals surface area contributed by atoms with Crippen LogP contribution < -0.4 is 5.32 Å². The predicted molar refractivity (Wildman–Crippen MR) is 79.3 cm³/mol. The molecule has 0 aliphatic heterocycles. The third kappa shape index (κ3) is 3.54. The van der Waals surface area contributed by atoms with Crippen LogP contribution in [0.4, 0.5) is 5.13 Å². The Morgan fingerprint density at radius 2 is 1.90 bits per heavy atom. The highest BCUT2D eigenvalue weighted by Gasteiger charge is 2.19. The summed E-state index contributed by atoms with van der Waals surface area (Å²) in [4.78, 5) is 10.8. The number of anilines is 1. The Labute approximate surface area is 121 Å². The Morgan fingerprint density at radius 1 is 1.25 bits per heavy atom. The van der Waals surface area contributed by atoms with E-state index in [-0.39, 0.29) is 5.41 Å². The van der Waals surface area contributed by atoms with Crippen molar-refractivity contribution >= 4 is 22.4 Å². The van der Waals surface area contributed by atoms with E-state index in [2.05, 4.69) is 36.3 Å². The number of nitrogens with zero attached hydrogens (tertiary/aromatic N) is 2. The number of carbonyl (C=O) groups is 1. The van der Waals surface area contributed by atoms with Gasteiger partial charge in [-0.15, -0.1) is 10.2 Å². The van der Waals surface area contributed by atoms with Crippen LogP contribution in [0.25, 0.3) is 0 Å². The molecule has 6 heteroatoms. The normalized spacial score (nSPS) is 11.3. The van der Waals surface area contributed by atoms with Crippen LogP contribution in [-0.4, -0.2) is 21.3 Å². The number of hydrogen-bond donors (Lipinski definition) is 2. The zero-order valence-electron chi connectivity index (χ0n) is 11.7. The number of carboxylic acid groups (broad SMARTS) is 1. The second-order valence-electron chi connectivity index (χ2n) is 5.52. The molecule has 0 bridgehead atoms. The first-order valence-electron chi connectivity index (χ1n) is 6.26. The molecular weight excluding hydrogens is 274 g/mol. The summed E-state index contributed by atoms with van der Waals surface area (Å²) in [6.45, 7) is 6.89. The molecule has 2 aromatic rings. The van der Waals surface area contributed by atoms with Gasteiger partial charge in [-0.25, -0.2) is 4.79 Å². The Morgan fingerprint density at radius 3 is 2.40 bits per heavy atom. The van der Waals surface area contributed by atoms with Crippen LogP contribution in [0.3, 0.4) is 0 Å². The second-order valence-corrected chi connectivity index (χ2v) is 6.50.